The van der Waals surface area contributed by atoms with Crippen molar-refractivity contribution >= 4 is 35.0 Å². The maximum atomic E-state index is 13.3. The predicted octanol–water partition coefficient (Wildman–Crippen LogP) is 4.91. The largest absolute Gasteiger partial charge is 0.416 e. The molecule has 0 aromatic heterocycles. The number of likely N-dealkylation sites (tertiary alicyclic amines) is 1. The second-order valence-electron chi connectivity index (χ2n) is 10.4. The molecule has 0 spiro atoms. The van der Waals surface area contributed by atoms with Gasteiger partial charge in [0.25, 0.3) is 0 Å². The van der Waals surface area contributed by atoms with E-state index < -0.39 is 23.6 Å². The maximum absolute atomic E-state index is 13.3. The molecule has 4 fully saturated rings. The zero-order chi connectivity index (χ0) is 23.9. The third-order valence-corrected chi connectivity index (χ3v) is 9.01. The molecule has 6 aliphatic rings. The molecular weight excluding hydrogens is 469 g/mol. The van der Waals surface area contributed by atoms with E-state index in [2.05, 4.69) is 17.5 Å². The van der Waals surface area contributed by atoms with Crippen LogP contribution in [0, 0.1) is 41.4 Å². The minimum Gasteiger partial charge on any atom is -0.325 e. The number of halogens is 4. The normalized spacial score (nSPS) is 38.1. The van der Waals surface area contributed by atoms with Gasteiger partial charge in [-0.1, -0.05) is 23.8 Å². The Morgan fingerprint density at radius 2 is 1.56 bits per heavy atom. The van der Waals surface area contributed by atoms with Crippen LogP contribution in [0.4, 0.5) is 18.9 Å². The van der Waals surface area contributed by atoms with Crippen LogP contribution < -0.4 is 5.32 Å². The van der Waals surface area contributed by atoms with Gasteiger partial charge in [-0.2, -0.15) is 13.2 Å². The molecular formula is C25H24ClF3N2O3. The van der Waals surface area contributed by atoms with Gasteiger partial charge in [0, 0.05) is 12.0 Å². The number of amides is 3. The first kappa shape index (κ1) is 22.1. The number of anilines is 1. The van der Waals surface area contributed by atoms with Crippen molar-refractivity contribution in [1.29, 1.82) is 0 Å². The van der Waals surface area contributed by atoms with E-state index in [9.17, 15) is 27.6 Å². The molecule has 180 valence electrons. The van der Waals surface area contributed by atoms with E-state index in [1.54, 1.807) is 0 Å². The highest BCUT2D eigenvalue weighted by molar-refractivity contribution is 6.33. The molecule has 34 heavy (non-hydrogen) atoms. The summed E-state index contributed by atoms with van der Waals surface area (Å²) in [4.78, 5) is 40.9. The summed E-state index contributed by atoms with van der Waals surface area (Å²) in [5, 5.41) is 2.57. The molecule has 1 aromatic carbocycles. The van der Waals surface area contributed by atoms with E-state index in [4.69, 9.17) is 11.6 Å². The van der Waals surface area contributed by atoms with Crippen LogP contribution in [0.3, 0.4) is 0 Å². The van der Waals surface area contributed by atoms with Crippen molar-refractivity contribution in [3.05, 3.63) is 40.9 Å². The van der Waals surface area contributed by atoms with Crippen molar-refractivity contribution in [2.75, 3.05) is 5.32 Å². The van der Waals surface area contributed by atoms with Gasteiger partial charge in [0.15, 0.2) is 0 Å². The number of benzene rings is 1. The highest BCUT2D eigenvalue weighted by atomic mass is 35.5. The minimum atomic E-state index is -4.54. The summed E-state index contributed by atoms with van der Waals surface area (Å²) < 4.78 is 39.0. The van der Waals surface area contributed by atoms with Crippen LogP contribution in [0.15, 0.2) is 30.4 Å². The molecule has 3 amide bonds. The molecule has 7 rings (SSSR count). The van der Waals surface area contributed by atoms with Gasteiger partial charge in [0.2, 0.25) is 17.7 Å². The molecule has 0 unspecified atom stereocenters. The molecule has 3 saturated carbocycles. The summed E-state index contributed by atoms with van der Waals surface area (Å²) in [6, 6.07) is 2.60. The van der Waals surface area contributed by atoms with Gasteiger partial charge in [0.1, 0.15) is 0 Å². The van der Waals surface area contributed by atoms with Crippen molar-refractivity contribution in [2.45, 2.75) is 44.3 Å². The van der Waals surface area contributed by atoms with Crippen LogP contribution in [0.25, 0.3) is 0 Å². The molecule has 1 aliphatic heterocycles. The van der Waals surface area contributed by atoms with Gasteiger partial charge in [-0.15, -0.1) is 0 Å². The molecule has 1 aromatic rings. The molecule has 5 aliphatic carbocycles. The van der Waals surface area contributed by atoms with Gasteiger partial charge in [0.05, 0.1) is 28.1 Å². The Hall–Kier alpha value is -2.35. The second-order valence-corrected chi connectivity index (χ2v) is 10.8. The molecule has 5 nitrogen and oxygen atoms in total. The lowest BCUT2D eigenvalue weighted by Crippen LogP contribution is -2.44. The van der Waals surface area contributed by atoms with Crippen molar-refractivity contribution in [3.8, 4) is 0 Å². The van der Waals surface area contributed by atoms with E-state index in [0.29, 0.717) is 37.5 Å². The van der Waals surface area contributed by atoms with Gasteiger partial charge in [-0.05, 0) is 74.0 Å². The van der Waals surface area contributed by atoms with E-state index in [1.807, 2.05) is 0 Å². The third-order valence-electron chi connectivity index (χ3n) is 8.68. The fraction of sp³-hybridized carbons (Fsp3) is 0.560. The number of nitrogens with one attached hydrogen (secondary N) is 1. The van der Waals surface area contributed by atoms with E-state index in [0.717, 1.165) is 24.6 Å². The minimum absolute atomic E-state index is 0.0344. The quantitative estimate of drug-likeness (QED) is 0.481. The first-order valence-corrected chi connectivity index (χ1v) is 12.3. The lowest BCUT2D eigenvalue weighted by Gasteiger charge is -2.37. The van der Waals surface area contributed by atoms with Gasteiger partial charge >= 0.3 is 6.18 Å². The zero-order valence-electron chi connectivity index (χ0n) is 18.2. The van der Waals surface area contributed by atoms with Crippen molar-refractivity contribution in [3.63, 3.8) is 0 Å². The van der Waals surface area contributed by atoms with E-state index >= 15 is 0 Å². The molecule has 1 heterocycles. The zero-order valence-corrected chi connectivity index (χ0v) is 19.0. The third kappa shape index (κ3) is 3.32. The monoisotopic (exact) mass is 492 g/mol. The van der Waals surface area contributed by atoms with E-state index in [-0.39, 0.29) is 52.2 Å². The average molecular weight is 493 g/mol. The Morgan fingerprint density at radius 1 is 0.971 bits per heavy atom. The van der Waals surface area contributed by atoms with Crippen LogP contribution in [-0.4, -0.2) is 28.7 Å². The lowest BCUT2D eigenvalue weighted by molar-refractivity contribution is -0.144. The van der Waals surface area contributed by atoms with Crippen LogP contribution in [0.2, 0.25) is 5.02 Å². The maximum Gasteiger partial charge on any atom is 0.416 e. The number of allylic oxidation sites excluding steroid dienone is 2. The molecule has 1 saturated heterocycles. The fourth-order valence-electron chi connectivity index (χ4n) is 6.97. The first-order chi connectivity index (χ1) is 16.1. The number of nitrogens with zero attached hydrogens (tertiary/aromatic N) is 1. The van der Waals surface area contributed by atoms with Crippen molar-refractivity contribution < 1.29 is 27.6 Å². The number of hydrogen-bond acceptors (Lipinski definition) is 3. The number of imide groups is 1. The molecule has 0 radical (unpaired) electrons. The topological polar surface area (TPSA) is 66.5 Å². The standard InChI is InChI=1S/C25H24ClF3N2O3/c26-18-8-3-12(25(27,28)29)9-19(18)30-22(32)11-1-4-13(5-2-11)31-23(33)20-14-6-7-15(17-10-16(14)17)21(20)24(31)34/h3,6-9,11,13-17,20-21H,1-2,4-5,10H2,(H,30,32)/t11?,13?,14-,15+,16-,17+,20-,21+. The smallest absolute Gasteiger partial charge is 0.325 e. The Labute approximate surface area is 199 Å². The van der Waals surface area contributed by atoms with Crippen LogP contribution in [-0.2, 0) is 20.6 Å². The Morgan fingerprint density at radius 3 is 2.12 bits per heavy atom. The fourth-order valence-corrected chi connectivity index (χ4v) is 7.13. The number of carbonyl (C=O) groups excluding carboxylic acids is 3. The molecule has 9 heteroatoms. The van der Waals surface area contributed by atoms with Gasteiger partial charge < -0.3 is 5.32 Å². The summed E-state index contributed by atoms with van der Waals surface area (Å²) in [5.74, 6) is 0.0983. The van der Waals surface area contributed by atoms with Crippen LogP contribution in [0.1, 0.15) is 37.7 Å². The number of alkyl halides is 3. The second kappa shape index (κ2) is 7.57. The van der Waals surface area contributed by atoms with E-state index in [1.165, 1.54) is 4.90 Å². The Kier molecular flexibility index (Phi) is 4.93. The molecule has 1 N–H and O–H groups in total. The first-order valence-electron chi connectivity index (χ1n) is 11.9. The van der Waals surface area contributed by atoms with Crippen molar-refractivity contribution in [2.24, 2.45) is 41.4 Å². The summed E-state index contributed by atoms with van der Waals surface area (Å²) in [7, 11) is 0. The van der Waals surface area contributed by atoms with Crippen LogP contribution >= 0.6 is 11.6 Å². The highest BCUT2D eigenvalue weighted by Gasteiger charge is 2.67. The summed E-state index contributed by atoms with van der Waals surface area (Å²) >= 11 is 6.00. The number of hydrogen-bond donors (Lipinski definition) is 1. The van der Waals surface area contributed by atoms with Gasteiger partial charge in [-0.25, -0.2) is 0 Å². The average Bonchev–Trinajstić information content (AvgIpc) is 3.58. The summed E-state index contributed by atoms with van der Waals surface area (Å²) in [6.07, 6.45) is 2.81. The number of rotatable bonds is 3. The molecule has 6 atom stereocenters. The Balaban J connectivity index is 1.11. The lowest BCUT2D eigenvalue weighted by atomic mass is 9.63. The van der Waals surface area contributed by atoms with Gasteiger partial charge in [-0.3, -0.25) is 19.3 Å². The summed E-state index contributed by atoms with van der Waals surface area (Å²) in [5.41, 5.74) is -0.955. The number of carbonyl (C=O) groups is 3. The summed E-state index contributed by atoms with van der Waals surface area (Å²) in [6.45, 7) is 0. The SMILES string of the molecule is O=C(Nc1cc(C(F)(F)F)ccc1Cl)C1CCC(N2C(=O)[C@@H]3[C@@H]4C=C[C@@H]([C@@H]5C[C@H]45)[C@@H]3C2=O)CC1. The predicted molar refractivity (Wildman–Crippen MR) is 117 cm³/mol. The Bertz CT molecular complexity index is 1080. The van der Waals surface area contributed by atoms with Crippen molar-refractivity contribution in [1.82, 2.24) is 4.90 Å². The highest BCUT2D eigenvalue weighted by Crippen LogP contribution is 2.65. The molecule has 2 bridgehead atoms. The van der Waals surface area contributed by atoms with Crippen LogP contribution in [0.5, 0.6) is 0 Å².